The van der Waals surface area contributed by atoms with Crippen molar-refractivity contribution in [2.45, 2.75) is 90.4 Å². The van der Waals surface area contributed by atoms with Crippen molar-refractivity contribution >= 4 is 17.5 Å². The van der Waals surface area contributed by atoms with E-state index in [1.807, 2.05) is 0 Å². The van der Waals surface area contributed by atoms with Gasteiger partial charge in [0, 0.05) is 0 Å². The van der Waals surface area contributed by atoms with Crippen LogP contribution in [0.25, 0.3) is 0 Å². The van der Waals surface area contributed by atoms with Crippen LogP contribution in [0.4, 0.5) is 0 Å². The SMILES string of the molecule is CC(C)CC1(O)C(=O)C(C)(C)C(OC2O[C@H](COC(=O)c3cc(O)c(O)c(O)c3)[C@@H](O)[C@H](O)[C@H]2O)C(C)(C)C1=O. The molecule has 0 spiro atoms. The van der Waals surface area contributed by atoms with Gasteiger partial charge >= 0.3 is 5.97 Å². The summed E-state index contributed by atoms with van der Waals surface area (Å²) >= 11 is 0. The Morgan fingerprint density at radius 2 is 1.43 bits per heavy atom. The Hall–Kier alpha value is -2.81. The number of carbonyl (C=O) groups is 3. The molecule has 0 radical (unpaired) electrons. The zero-order valence-corrected chi connectivity index (χ0v) is 23.2. The summed E-state index contributed by atoms with van der Waals surface area (Å²) < 4.78 is 16.7. The Morgan fingerprint density at radius 3 is 1.90 bits per heavy atom. The molecule has 13 nitrogen and oxygen atoms in total. The molecule has 1 aromatic rings. The molecule has 1 heterocycles. The third-order valence-electron chi connectivity index (χ3n) is 7.56. The molecule has 0 bridgehead atoms. The number of benzene rings is 1. The second-order valence-electron chi connectivity index (χ2n) is 12.1. The molecule has 7 N–H and O–H groups in total. The van der Waals surface area contributed by atoms with E-state index in [0.29, 0.717) is 0 Å². The molecule has 13 heteroatoms. The number of aliphatic hydroxyl groups excluding tert-OH is 3. The van der Waals surface area contributed by atoms with Crippen LogP contribution >= 0.6 is 0 Å². The van der Waals surface area contributed by atoms with Gasteiger partial charge in [0.1, 0.15) is 31.0 Å². The smallest absolute Gasteiger partial charge is 0.338 e. The number of ether oxygens (including phenoxy) is 3. The maximum atomic E-state index is 13.4. The topological polar surface area (TPSA) is 221 Å². The number of aromatic hydroxyl groups is 3. The van der Waals surface area contributed by atoms with Crippen LogP contribution in [0.1, 0.15) is 58.3 Å². The summed E-state index contributed by atoms with van der Waals surface area (Å²) in [6.07, 6.45) is -9.92. The van der Waals surface area contributed by atoms with Crippen molar-refractivity contribution in [2.24, 2.45) is 16.7 Å². The lowest BCUT2D eigenvalue weighted by Gasteiger charge is -2.53. The summed E-state index contributed by atoms with van der Waals surface area (Å²) in [5.74, 6) is -5.20. The van der Waals surface area contributed by atoms with Gasteiger partial charge in [-0.2, -0.15) is 0 Å². The van der Waals surface area contributed by atoms with Gasteiger partial charge in [0.25, 0.3) is 0 Å². The number of hydrogen-bond donors (Lipinski definition) is 7. The van der Waals surface area contributed by atoms with Crippen LogP contribution in [-0.4, -0.2) is 102 Å². The minimum Gasteiger partial charge on any atom is -0.504 e. The highest BCUT2D eigenvalue weighted by Gasteiger charge is 2.66. The number of aliphatic hydroxyl groups is 4. The number of hydrogen-bond acceptors (Lipinski definition) is 13. The van der Waals surface area contributed by atoms with Crippen LogP contribution < -0.4 is 0 Å². The molecule has 1 saturated heterocycles. The third-order valence-corrected chi connectivity index (χ3v) is 7.56. The fourth-order valence-electron chi connectivity index (χ4n) is 5.69. The molecule has 1 saturated carbocycles. The monoisotopic (exact) mass is 570 g/mol. The first-order valence-electron chi connectivity index (χ1n) is 12.9. The van der Waals surface area contributed by atoms with Crippen LogP contribution in [0.15, 0.2) is 12.1 Å². The van der Waals surface area contributed by atoms with Gasteiger partial charge in [0.2, 0.25) is 0 Å². The van der Waals surface area contributed by atoms with E-state index in [-0.39, 0.29) is 17.9 Å². The van der Waals surface area contributed by atoms with Gasteiger partial charge in [-0.15, -0.1) is 0 Å². The highest BCUT2D eigenvalue weighted by molar-refractivity contribution is 6.16. The maximum Gasteiger partial charge on any atom is 0.338 e. The number of phenols is 3. The van der Waals surface area contributed by atoms with Crippen LogP contribution in [0, 0.1) is 16.7 Å². The summed E-state index contributed by atoms with van der Waals surface area (Å²) in [6, 6.07) is 1.67. The summed E-state index contributed by atoms with van der Waals surface area (Å²) in [4.78, 5) is 39.3. The van der Waals surface area contributed by atoms with Crippen molar-refractivity contribution in [3.8, 4) is 17.2 Å². The zero-order valence-electron chi connectivity index (χ0n) is 23.2. The van der Waals surface area contributed by atoms with Gasteiger partial charge in [-0.1, -0.05) is 41.5 Å². The average Bonchev–Trinajstić information content (AvgIpc) is 2.86. The molecule has 1 aliphatic heterocycles. The van der Waals surface area contributed by atoms with Gasteiger partial charge in [0.05, 0.1) is 22.5 Å². The van der Waals surface area contributed by atoms with E-state index in [4.69, 9.17) is 14.2 Å². The van der Waals surface area contributed by atoms with Crippen molar-refractivity contribution < 1.29 is 64.3 Å². The Balaban J connectivity index is 1.82. The van der Waals surface area contributed by atoms with E-state index in [1.165, 1.54) is 27.7 Å². The molecule has 1 aromatic carbocycles. The summed E-state index contributed by atoms with van der Waals surface area (Å²) in [5, 5.41) is 71.4. The lowest BCUT2D eigenvalue weighted by molar-refractivity contribution is -0.327. The van der Waals surface area contributed by atoms with Crippen LogP contribution in [0.3, 0.4) is 0 Å². The highest BCUT2D eigenvalue weighted by atomic mass is 16.7. The molecule has 1 aliphatic carbocycles. The second kappa shape index (κ2) is 10.9. The number of Topliss-reactive ketones (excluding diaryl/α,β-unsaturated/α-hetero) is 2. The molecule has 3 rings (SSSR count). The first-order valence-corrected chi connectivity index (χ1v) is 12.9. The Bertz CT molecular complexity index is 1110. The first kappa shape index (κ1) is 31.7. The second-order valence-corrected chi connectivity index (χ2v) is 12.1. The van der Waals surface area contributed by atoms with Crippen LogP contribution in [-0.2, 0) is 23.8 Å². The molecule has 5 atom stereocenters. The normalized spacial score (nSPS) is 33.7. The van der Waals surface area contributed by atoms with Crippen LogP contribution in [0.5, 0.6) is 17.2 Å². The van der Waals surface area contributed by atoms with Crippen molar-refractivity contribution in [1.29, 1.82) is 0 Å². The van der Waals surface area contributed by atoms with Crippen molar-refractivity contribution in [3.63, 3.8) is 0 Å². The Labute approximate surface area is 230 Å². The standard InChI is InChI=1S/C27H38O13/c1-11(2)9-27(37)22(35)25(3,4)24(26(5,6)23(27)36)40-21-19(33)18(32)17(31)15(39-21)10-38-20(34)12-7-13(28)16(30)14(29)8-12/h7-8,11,15,17-19,21,24,28-33,37H,9-10H2,1-6H3/t15-,17-,18+,19-,21?,24?,27?/m1/s1. The largest absolute Gasteiger partial charge is 0.504 e. The predicted octanol–water partition coefficient (Wildman–Crippen LogP) is 0.134. The van der Waals surface area contributed by atoms with Gasteiger partial charge in [-0.05, 0) is 24.5 Å². The molecule has 2 aliphatic rings. The van der Waals surface area contributed by atoms with Gasteiger partial charge in [0.15, 0.2) is 40.7 Å². The van der Waals surface area contributed by atoms with Gasteiger partial charge in [-0.25, -0.2) is 4.79 Å². The molecule has 224 valence electrons. The number of rotatable bonds is 7. The minimum atomic E-state index is -2.25. The predicted molar refractivity (Wildman–Crippen MR) is 135 cm³/mol. The molecule has 0 aromatic heterocycles. The van der Waals surface area contributed by atoms with E-state index >= 15 is 0 Å². The zero-order chi connectivity index (χ0) is 30.5. The molecular formula is C27H38O13. The average molecular weight is 571 g/mol. The lowest BCUT2D eigenvalue weighted by Crippen LogP contribution is -2.71. The molecule has 0 amide bonds. The Morgan fingerprint density at radius 1 is 0.925 bits per heavy atom. The van der Waals surface area contributed by atoms with E-state index in [2.05, 4.69) is 0 Å². The molecule has 2 fully saturated rings. The van der Waals surface area contributed by atoms with E-state index in [1.54, 1.807) is 13.8 Å². The highest BCUT2D eigenvalue weighted by Crippen LogP contribution is 2.50. The summed E-state index contributed by atoms with van der Waals surface area (Å²) in [5.41, 5.74) is -5.52. The number of carbonyl (C=O) groups excluding carboxylic acids is 3. The first-order chi connectivity index (χ1) is 18.3. The Kier molecular flexibility index (Phi) is 8.62. The quantitative estimate of drug-likeness (QED) is 0.132. The third kappa shape index (κ3) is 5.41. The molecule has 1 unspecified atom stereocenters. The number of phenolic OH excluding ortho intramolecular Hbond substituents is 3. The fourth-order valence-corrected chi connectivity index (χ4v) is 5.69. The van der Waals surface area contributed by atoms with Crippen molar-refractivity contribution in [1.82, 2.24) is 0 Å². The molecule has 40 heavy (non-hydrogen) atoms. The van der Waals surface area contributed by atoms with Crippen molar-refractivity contribution in [2.75, 3.05) is 6.61 Å². The number of esters is 1. The fraction of sp³-hybridized carbons (Fsp3) is 0.667. The summed E-state index contributed by atoms with van der Waals surface area (Å²) in [7, 11) is 0. The lowest BCUT2D eigenvalue weighted by atomic mass is 9.54. The van der Waals surface area contributed by atoms with E-state index in [9.17, 15) is 50.1 Å². The summed E-state index contributed by atoms with van der Waals surface area (Å²) in [6.45, 7) is 8.79. The van der Waals surface area contributed by atoms with Gasteiger partial charge < -0.3 is 50.0 Å². The van der Waals surface area contributed by atoms with Crippen LogP contribution in [0.2, 0.25) is 0 Å². The molecular weight excluding hydrogens is 532 g/mol. The minimum absolute atomic E-state index is 0.0955. The van der Waals surface area contributed by atoms with E-state index in [0.717, 1.165) is 12.1 Å². The maximum absolute atomic E-state index is 13.4. The van der Waals surface area contributed by atoms with Crippen molar-refractivity contribution in [3.05, 3.63) is 17.7 Å². The van der Waals surface area contributed by atoms with E-state index < -0.39 is 94.6 Å². The van der Waals surface area contributed by atoms with Gasteiger partial charge in [-0.3, -0.25) is 9.59 Å². The number of ketones is 2.